The maximum absolute atomic E-state index is 6.24. The van der Waals surface area contributed by atoms with Crippen molar-refractivity contribution >= 4 is 63.0 Å². The lowest BCUT2D eigenvalue weighted by atomic mass is 9.92. The Morgan fingerprint density at radius 2 is 1.61 bits per heavy atom. The summed E-state index contributed by atoms with van der Waals surface area (Å²) in [6.45, 7) is 0. The molecule has 0 amide bonds. The molecule has 0 spiro atoms. The first-order chi connectivity index (χ1) is 13.5. The fourth-order valence-corrected chi connectivity index (χ4v) is 4.20. The van der Waals surface area contributed by atoms with Crippen LogP contribution in [0.25, 0.3) is 0 Å². The van der Waals surface area contributed by atoms with Gasteiger partial charge in [-0.2, -0.15) is 0 Å². The number of amidine groups is 1. The normalized spacial score (nSPS) is 17.5. The monoisotopic (exact) mass is 522 g/mol. The van der Waals surface area contributed by atoms with Crippen molar-refractivity contribution in [1.29, 1.82) is 0 Å². The maximum Gasteiger partial charge on any atom is 0.119 e. The SMILES string of the molecule is COc1ccc(N2/C(=N/c3ccc(I)cc3)CC2c2cc(Cl)cc(Cl)c2)cc1. The van der Waals surface area contributed by atoms with Crippen molar-refractivity contribution in [3.05, 3.63) is 85.9 Å². The lowest BCUT2D eigenvalue weighted by Crippen LogP contribution is -2.46. The van der Waals surface area contributed by atoms with Gasteiger partial charge in [-0.05, 0) is 94.9 Å². The van der Waals surface area contributed by atoms with Crippen LogP contribution in [0.2, 0.25) is 10.0 Å². The minimum Gasteiger partial charge on any atom is -0.497 e. The number of hydrogen-bond donors (Lipinski definition) is 0. The Balaban J connectivity index is 1.72. The third-order valence-corrected chi connectivity index (χ3v) is 5.83. The highest BCUT2D eigenvalue weighted by Crippen LogP contribution is 2.42. The van der Waals surface area contributed by atoms with Crippen molar-refractivity contribution in [1.82, 2.24) is 0 Å². The van der Waals surface area contributed by atoms with E-state index in [2.05, 4.69) is 39.6 Å². The molecule has 1 heterocycles. The number of ether oxygens (including phenoxy) is 1. The zero-order valence-electron chi connectivity index (χ0n) is 15.1. The predicted octanol–water partition coefficient (Wildman–Crippen LogP) is 7.29. The van der Waals surface area contributed by atoms with Crippen LogP contribution in [0.5, 0.6) is 5.75 Å². The smallest absolute Gasteiger partial charge is 0.119 e. The third-order valence-electron chi connectivity index (χ3n) is 4.67. The van der Waals surface area contributed by atoms with Gasteiger partial charge in [-0.1, -0.05) is 23.2 Å². The Kier molecular flexibility index (Phi) is 5.80. The molecule has 1 aliphatic heterocycles. The Morgan fingerprint density at radius 3 is 2.21 bits per heavy atom. The number of benzene rings is 3. The van der Waals surface area contributed by atoms with E-state index in [1.54, 1.807) is 13.2 Å². The van der Waals surface area contributed by atoms with Crippen molar-refractivity contribution in [2.24, 2.45) is 4.99 Å². The molecule has 1 aliphatic rings. The standard InChI is InChI=1S/C22H17Cl2IN2O/c1-28-20-8-6-19(7-9-20)27-21(14-10-15(23)12-16(24)11-14)13-22(27)26-18-4-2-17(25)3-5-18/h2-12,21H,13H2,1H3/b26-22+. The average molecular weight is 523 g/mol. The van der Waals surface area contributed by atoms with Crippen molar-refractivity contribution in [3.8, 4) is 5.75 Å². The van der Waals surface area contributed by atoms with Crippen LogP contribution >= 0.6 is 45.8 Å². The van der Waals surface area contributed by atoms with Crippen LogP contribution in [-0.2, 0) is 0 Å². The van der Waals surface area contributed by atoms with E-state index in [-0.39, 0.29) is 6.04 Å². The molecule has 4 rings (SSSR count). The van der Waals surface area contributed by atoms with Gasteiger partial charge in [0.1, 0.15) is 11.6 Å². The second-order valence-corrected chi connectivity index (χ2v) is 8.61. The van der Waals surface area contributed by atoms with Gasteiger partial charge >= 0.3 is 0 Å². The minimum atomic E-state index is 0.132. The summed E-state index contributed by atoms with van der Waals surface area (Å²) in [5, 5.41) is 1.28. The van der Waals surface area contributed by atoms with Gasteiger partial charge in [0, 0.05) is 25.7 Å². The minimum absolute atomic E-state index is 0.132. The molecule has 0 aliphatic carbocycles. The molecule has 3 aromatic carbocycles. The summed E-state index contributed by atoms with van der Waals surface area (Å²) in [4.78, 5) is 7.09. The number of nitrogens with zero attached hydrogens (tertiary/aromatic N) is 2. The van der Waals surface area contributed by atoms with Gasteiger partial charge in [0.05, 0.1) is 18.8 Å². The van der Waals surface area contributed by atoms with Crippen LogP contribution in [0, 0.1) is 3.57 Å². The highest BCUT2D eigenvalue weighted by atomic mass is 127. The van der Waals surface area contributed by atoms with Crippen LogP contribution < -0.4 is 9.64 Å². The Labute approximate surface area is 188 Å². The predicted molar refractivity (Wildman–Crippen MR) is 126 cm³/mol. The van der Waals surface area contributed by atoms with Gasteiger partial charge in [0.15, 0.2) is 0 Å². The molecule has 28 heavy (non-hydrogen) atoms. The summed E-state index contributed by atoms with van der Waals surface area (Å²) in [5.74, 6) is 1.83. The molecule has 0 bridgehead atoms. The summed E-state index contributed by atoms with van der Waals surface area (Å²) in [6.07, 6.45) is 0.814. The Hall–Kier alpha value is -1.76. The molecule has 142 valence electrons. The molecule has 0 radical (unpaired) electrons. The van der Waals surface area contributed by atoms with Gasteiger partial charge in [-0.3, -0.25) is 0 Å². The molecule has 1 fully saturated rings. The number of hydrogen-bond acceptors (Lipinski definition) is 2. The fraction of sp³-hybridized carbons (Fsp3) is 0.136. The summed E-state index contributed by atoms with van der Waals surface area (Å²) in [5.41, 5.74) is 3.07. The van der Waals surface area contributed by atoms with Gasteiger partial charge in [-0.15, -0.1) is 0 Å². The fourth-order valence-electron chi connectivity index (χ4n) is 3.30. The molecule has 6 heteroatoms. The van der Waals surface area contributed by atoms with Gasteiger partial charge in [-0.25, -0.2) is 4.99 Å². The summed E-state index contributed by atoms with van der Waals surface area (Å²) in [6, 6.07) is 22.0. The van der Waals surface area contributed by atoms with Crippen molar-refractivity contribution in [2.45, 2.75) is 12.5 Å². The van der Waals surface area contributed by atoms with Crippen LogP contribution in [0.4, 0.5) is 11.4 Å². The topological polar surface area (TPSA) is 24.8 Å². The molecule has 1 saturated heterocycles. The lowest BCUT2D eigenvalue weighted by Gasteiger charge is -2.44. The summed E-state index contributed by atoms with van der Waals surface area (Å²) in [7, 11) is 1.67. The van der Waals surface area contributed by atoms with E-state index < -0.39 is 0 Å². The summed E-state index contributed by atoms with van der Waals surface area (Å²) < 4.78 is 6.48. The maximum atomic E-state index is 6.24. The zero-order chi connectivity index (χ0) is 19.7. The van der Waals surface area contributed by atoms with Gasteiger partial charge in [0.25, 0.3) is 0 Å². The van der Waals surface area contributed by atoms with E-state index >= 15 is 0 Å². The van der Waals surface area contributed by atoms with Crippen molar-refractivity contribution in [2.75, 3.05) is 12.0 Å². The molecule has 3 nitrogen and oxygen atoms in total. The number of anilines is 1. The largest absolute Gasteiger partial charge is 0.497 e. The van der Waals surface area contributed by atoms with E-state index in [0.717, 1.165) is 34.9 Å². The number of rotatable bonds is 4. The number of aliphatic imine (C=N–C) groups is 1. The van der Waals surface area contributed by atoms with Crippen molar-refractivity contribution in [3.63, 3.8) is 0 Å². The molecular formula is C22H17Cl2IN2O. The van der Waals surface area contributed by atoms with Gasteiger partial charge < -0.3 is 9.64 Å². The van der Waals surface area contributed by atoms with E-state index in [1.807, 2.05) is 48.5 Å². The Morgan fingerprint density at radius 1 is 0.964 bits per heavy atom. The molecule has 0 aromatic heterocycles. The lowest BCUT2D eigenvalue weighted by molar-refractivity contribution is 0.415. The van der Waals surface area contributed by atoms with E-state index in [1.165, 1.54) is 3.57 Å². The third kappa shape index (κ3) is 4.14. The van der Waals surface area contributed by atoms with Crippen LogP contribution in [0.1, 0.15) is 18.0 Å². The van der Waals surface area contributed by atoms with Crippen LogP contribution in [0.3, 0.4) is 0 Å². The second-order valence-electron chi connectivity index (χ2n) is 6.50. The molecule has 0 N–H and O–H groups in total. The first-order valence-corrected chi connectivity index (χ1v) is 10.6. The first kappa shape index (κ1) is 19.6. The molecule has 1 atom stereocenters. The molecule has 0 saturated carbocycles. The van der Waals surface area contributed by atoms with E-state index in [9.17, 15) is 0 Å². The molecular weight excluding hydrogens is 506 g/mol. The number of halogens is 3. The van der Waals surface area contributed by atoms with E-state index in [4.69, 9.17) is 32.9 Å². The first-order valence-electron chi connectivity index (χ1n) is 8.76. The van der Waals surface area contributed by atoms with E-state index in [0.29, 0.717) is 10.0 Å². The second kappa shape index (κ2) is 8.31. The highest BCUT2D eigenvalue weighted by molar-refractivity contribution is 14.1. The molecule has 3 aromatic rings. The van der Waals surface area contributed by atoms with Crippen molar-refractivity contribution < 1.29 is 4.74 Å². The highest BCUT2D eigenvalue weighted by Gasteiger charge is 2.36. The van der Waals surface area contributed by atoms with Crippen LogP contribution in [-0.4, -0.2) is 12.9 Å². The van der Waals surface area contributed by atoms with Gasteiger partial charge in [0.2, 0.25) is 0 Å². The Bertz CT molecular complexity index is 999. The molecule has 1 unspecified atom stereocenters. The quantitative estimate of drug-likeness (QED) is 0.336. The van der Waals surface area contributed by atoms with Crippen LogP contribution in [0.15, 0.2) is 71.7 Å². The summed E-state index contributed by atoms with van der Waals surface area (Å²) >= 11 is 14.8. The number of methoxy groups -OCH3 is 1. The average Bonchev–Trinajstić information content (AvgIpc) is 2.66. The zero-order valence-corrected chi connectivity index (χ0v) is 18.7.